The number of nitrogens with zero attached hydrogens (tertiary/aromatic N) is 1. The average molecular weight is 361 g/mol. The maximum absolute atomic E-state index is 5.40. The van der Waals surface area contributed by atoms with Crippen LogP contribution >= 0.6 is 23.6 Å². The van der Waals surface area contributed by atoms with Crippen molar-refractivity contribution in [3.05, 3.63) is 78.9 Å². The van der Waals surface area contributed by atoms with E-state index in [1.165, 1.54) is 4.70 Å². The van der Waals surface area contributed by atoms with E-state index >= 15 is 0 Å². The fourth-order valence-corrected chi connectivity index (χ4v) is 3.74. The van der Waals surface area contributed by atoms with Crippen LogP contribution in [0.3, 0.4) is 0 Å². The van der Waals surface area contributed by atoms with Gasteiger partial charge in [-0.15, -0.1) is 11.3 Å². The molecule has 0 fully saturated rings. The Morgan fingerprint density at radius 3 is 2.36 bits per heavy atom. The summed E-state index contributed by atoms with van der Waals surface area (Å²) in [5.74, 6) is 0. The van der Waals surface area contributed by atoms with Gasteiger partial charge in [-0.1, -0.05) is 42.5 Å². The molecule has 0 unspecified atom stereocenters. The zero-order valence-electron chi connectivity index (χ0n) is 13.3. The molecular weight excluding hydrogens is 346 g/mol. The Balaban J connectivity index is 1.54. The molecule has 0 radical (unpaired) electrons. The van der Waals surface area contributed by atoms with E-state index in [0.717, 1.165) is 27.5 Å². The molecule has 4 aromatic rings. The number of benzene rings is 3. The van der Waals surface area contributed by atoms with Gasteiger partial charge in [0.05, 0.1) is 10.2 Å². The molecule has 0 aliphatic carbocycles. The van der Waals surface area contributed by atoms with Gasteiger partial charge in [-0.05, 0) is 48.6 Å². The molecule has 1 heterocycles. The third kappa shape index (κ3) is 3.68. The number of nitrogens with one attached hydrogen (secondary N) is 2. The van der Waals surface area contributed by atoms with E-state index in [2.05, 4.69) is 28.8 Å². The van der Waals surface area contributed by atoms with Gasteiger partial charge in [-0.2, -0.15) is 0 Å². The largest absolute Gasteiger partial charge is 0.332 e. The minimum Gasteiger partial charge on any atom is -0.332 e. The van der Waals surface area contributed by atoms with Crippen LogP contribution in [0.1, 0.15) is 0 Å². The summed E-state index contributed by atoms with van der Waals surface area (Å²) in [5, 5.41) is 7.98. The molecule has 0 atom stereocenters. The highest BCUT2D eigenvalue weighted by Gasteiger charge is 2.07. The van der Waals surface area contributed by atoms with Gasteiger partial charge in [-0.25, -0.2) is 4.98 Å². The normalized spacial score (nSPS) is 10.6. The molecule has 0 saturated carbocycles. The number of anilines is 2. The number of fused-ring (bicyclic) bond motifs is 1. The molecule has 4 rings (SSSR count). The highest BCUT2D eigenvalue weighted by molar-refractivity contribution is 7.80. The third-order valence-electron chi connectivity index (χ3n) is 3.69. The van der Waals surface area contributed by atoms with Crippen LogP contribution in [-0.2, 0) is 0 Å². The first-order chi connectivity index (χ1) is 12.3. The van der Waals surface area contributed by atoms with Crippen molar-refractivity contribution < 1.29 is 0 Å². The Morgan fingerprint density at radius 2 is 1.52 bits per heavy atom. The molecule has 122 valence electrons. The monoisotopic (exact) mass is 361 g/mol. The fraction of sp³-hybridized carbons (Fsp3) is 0. The molecular formula is C20H15N3S2. The summed E-state index contributed by atoms with van der Waals surface area (Å²) in [6, 6.07) is 26.2. The minimum absolute atomic E-state index is 0.563. The van der Waals surface area contributed by atoms with E-state index in [-0.39, 0.29) is 0 Å². The lowest BCUT2D eigenvalue weighted by Gasteiger charge is -2.11. The standard InChI is InChI=1S/C20H15N3S2/c24-20(21-15-8-2-1-3-9-15)22-16-10-6-7-14(13-16)19-23-17-11-4-5-12-18(17)25-19/h1-13H,(H2,21,22,24). The van der Waals surface area contributed by atoms with Gasteiger partial charge in [-0.3, -0.25) is 0 Å². The van der Waals surface area contributed by atoms with Crippen LogP contribution in [0.25, 0.3) is 20.8 Å². The number of hydrogen-bond donors (Lipinski definition) is 2. The van der Waals surface area contributed by atoms with Crippen molar-refractivity contribution in [2.75, 3.05) is 10.6 Å². The topological polar surface area (TPSA) is 37.0 Å². The van der Waals surface area contributed by atoms with Gasteiger partial charge < -0.3 is 10.6 Å². The number of aromatic nitrogens is 1. The van der Waals surface area contributed by atoms with Gasteiger partial charge in [0.15, 0.2) is 5.11 Å². The van der Waals surface area contributed by atoms with Crippen molar-refractivity contribution in [2.24, 2.45) is 0 Å². The fourth-order valence-electron chi connectivity index (χ4n) is 2.54. The van der Waals surface area contributed by atoms with Gasteiger partial charge in [0.2, 0.25) is 0 Å². The first-order valence-corrected chi connectivity index (χ1v) is 9.09. The second-order valence-electron chi connectivity index (χ2n) is 5.51. The first-order valence-electron chi connectivity index (χ1n) is 7.87. The first kappa shape index (κ1) is 15.7. The third-order valence-corrected chi connectivity index (χ3v) is 4.98. The predicted molar refractivity (Wildman–Crippen MR) is 111 cm³/mol. The van der Waals surface area contributed by atoms with Crippen LogP contribution in [0.15, 0.2) is 78.9 Å². The van der Waals surface area contributed by atoms with Crippen molar-refractivity contribution in [2.45, 2.75) is 0 Å². The lowest BCUT2D eigenvalue weighted by Crippen LogP contribution is -2.18. The van der Waals surface area contributed by atoms with Crippen molar-refractivity contribution in [3.8, 4) is 10.6 Å². The lowest BCUT2D eigenvalue weighted by atomic mass is 10.2. The Kier molecular flexibility index (Phi) is 4.41. The molecule has 3 nitrogen and oxygen atoms in total. The van der Waals surface area contributed by atoms with Crippen molar-refractivity contribution in [1.29, 1.82) is 0 Å². The highest BCUT2D eigenvalue weighted by Crippen LogP contribution is 2.31. The van der Waals surface area contributed by atoms with Crippen LogP contribution in [0.2, 0.25) is 0 Å². The summed E-state index contributed by atoms with van der Waals surface area (Å²) < 4.78 is 1.19. The van der Waals surface area contributed by atoms with E-state index < -0.39 is 0 Å². The van der Waals surface area contributed by atoms with Crippen LogP contribution in [0, 0.1) is 0 Å². The maximum Gasteiger partial charge on any atom is 0.175 e. The smallest absolute Gasteiger partial charge is 0.175 e. The molecule has 3 aromatic carbocycles. The van der Waals surface area contributed by atoms with Crippen molar-refractivity contribution in [3.63, 3.8) is 0 Å². The second-order valence-corrected chi connectivity index (χ2v) is 6.95. The highest BCUT2D eigenvalue weighted by atomic mass is 32.1. The Morgan fingerprint density at radius 1 is 0.800 bits per heavy atom. The summed E-state index contributed by atoms with van der Waals surface area (Å²) in [7, 11) is 0. The van der Waals surface area contributed by atoms with E-state index in [0.29, 0.717) is 5.11 Å². The predicted octanol–water partition coefficient (Wildman–Crippen LogP) is 5.77. The second kappa shape index (κ2) is 7.01. The van der Waals surface area contributed by atoms with E-state index in [1.54, 1.807) is 11.3 Å². The number of thiazole rings is 1. The molecule has 0 aliphatic rings. The van der Waals surface area contributed by atoms with E-state index in [9.17, 15) is 0 Å². The van der Waals surface area contributed by atoms with E-state index in [1.807, 2.05) is 60.7 Å². The quantitative estimate of drug-likeness (QED) is 0.454. The Labute approximate surface area is 155 Å². The van der Waals surface area contributed by atoms with Gasteiger partial charge in [0.1, 0.15) is 5.01 Å². The lowest BCUT2D eigenvalue weighted by molar-refractivity contribution is 1.47. The van der Waals surface area contributed by atoms with Crippen LogP contribution in [0.5, 0.6) is 0 Å². The summed E-state index contributed by atoms with van der Waals surface area (Å²) in [6.07, 6.45) is 0. The van der Waals surface area contributed by atoms with Crippen LogP contribution in [-0.4, -0.2) is 10.1 Å². The van der Waals surface area contributed by atoms with Crippen molar-refractivity contribution >= 4 is 50.3 Å². The summed E-state index contributed by atoms with van der Waals surface area (Å²) in [4.78, 5) is 4.71. The molecule has 0 spiro atoms. The molecule has 0 bridgehead atoms. The minimum atomic E-state index is 0.563. The molecule has 0 amide bonds. The maximum atomic E-state index is 5.40. The molecule has 5 heteroatoms. The molecule has 1 aromatic heterocycles. The van der Waals surface area contributed by atoms with Gasteiger partial charge >= 0.3 is 0 Å². The van der Waals surface area contributed by atoms with Crippen molar-refractivity contribution in [1.82, 2.24) is 4.98 Å². The van der Waals surface area contributed by atoms with Gasteiger partial charge in [0, 0.05) is 16.9 Å². The van der Waals surface area contributed by atoms with Gasteiger partial charge in [0.25, 0.3) is 0 Å². The zero-order chi connectivity index (χ0) is 17.1. The molecule has 0 saturated heterocycles. The molecule has 25 heavy (non-hydrogen) atoms. The Hall–Kier alpha value is -2.76. The SMILES string of the molecule is S=C(Nc1ccccc1)Nc1cccc(-c2nc3ccccc3s2)c1. The van der Waals surface area contributed by atoms with E-state index in [4.69, 9.17) is 17.2 Å². The number of rotatable bonds is 3. The summed E-state index contributed by atoms with van der Waals surface area (Å²) in [5.41, 5.74) is 4.00. The van der Waals surface area contributed by atoms with Crippen LogP contribution in [0.4, 0.5) is 11.4 Å². The molecule has 2 N–H and O–H groups in total. The Bertz CT molecular complexity index is 992. The molecule has 0 aliphatic heterocycles. The summed E-state index contributed by atoms with van der Waals surface area (Å²) in [6.45, 7) is 0. The number of para-hydroxylation sites is 2. The van der Waals surface area contributed by atoms with Crippen LogP contribution < -0.4 is 10.6 Å². The number of thiocarbonyl (C=S) groups is 1. The zero-order valence-corrected chi connectivity index (χ0v) is 14.9. The average Bonchev–Trinajstić information content (AvgIpc) is 3.07. The number of hydrogen-bond acceptors (Lipinski definition) is 3. The summed E-state index contributed by atoms with van der Waals surface area (Å²) >= 11 is 7.09.